The fourth-order valence-corrected chi connectivity index (χ4v) is 2.37. The third-order valence-electron chi connectivity index (χ3n) is 3.05. The van der Waals surface area contributed by atoms with Crippen molar-refractivity contribution in [2.45, 2.75) is 52.9 Å². The van der Waals surface area contributed by atoms with Gasteiger partial charge in [-0.25, -0.2) is 0 Å². The van der Waals surface area contributed by atoms with E-state index in [-0.39, 0.29) is 0 Å². The molecule has 0 atom stereocenters. The summed E-state index contributed by atoms with van der Waals surface area (Å²) >= 11 is 5.30. The summed E-state index contributed by atoms with van der Waals surface area (Å²) in [6.07, 6.45) is 6.43. The van der Waals surface area contributed by atoms with Gasteiger partial charge in [0.25, 0.3) is 0 Å². The summed E-state index contributed by atoms with van der Waals surface area (Å²) in [6, 6.07) is 6.39. The first-order valence-electron chi connectivity index (χ1n) is 7.25. The molecule has 0 aliphatic rings. The van der Waals surface area contributed by atoms with E-state index in [1.54, 1.807) is 0 Å². The van der Waals surface area contributed by atoms with Crippen molar-refractivity contribution < 1.29 is 0 Å². The summed E-state index contributed by atoms with van der Waals surface area (Å²) < 4.78 is 0. The molecule has 1 rings (SSSR count). The van der Waals surface area contributed by atoms with E-state index in [1.807, 2.05) is 0 Å². The van der Waals surface area contributed by atoms with Crippen molar-refractivity contribution in [2.75, 3.05) is 11.9 Å². The average Bonchev–Trinajstić information content (AvgIpc) is 2.32. The molecule has 0 heterocycles. The maximum atomic E-state index is 5.30. The molecule has 0 fully saturated rings. The molecule has 2 N–H and O–H groups in total. The van der Waals surface area contributed by atoms with E-state index in [9.17, 15) is 0 Å². The Hall–Kier alpha value is -1.09. The van der Waals surface area contributed by atoms with E-state index < -0.39 is 0 Å². The van der Waals surface area contributed by atoms with Crippen molar-refractivity contribution >= 4 is 23.0 Å². The van der Waals surface area contributed by atoms with E-state index in [0.717, 1.165) is 17.3 Å². The van der Waals surface area contributed by atoms with Crippen molar-refractivity contribution in [3.63, 3.8) is 0 Å². The first-order valence-corrected chi connectivity index (χ1v) is 7.66. The van der Waals surface area contributed by atoms with Gasteiger partial charge in [0.1, 0.15) is 0 Å². The molecule has 0 radical (unpaired) electrons. The van der Waals surface area contributed by atoms with Crippen LogP contribution >= 0.6 is 12.2 Å². The Kier molecular flexibility index (Phi) is 7.49. The Labute approximate surface area is 123 Å². The second-order valence-electron chi connectivity index (χ2n) is 5.17. The minimum atomic E-state index is 0.723. The Balaban J connectivity index is 2.23. The summed E-state index contributed by atoms with van der Waals surface area (Å²) in [7, 11) is 0. The maximum Gasteiger partial charge on any atom is 0.170 e. The van der Waals surface area contributed by atoms with Crippen LogP contribution in [0.2, 0.25) is 0 Å². The molecule has 0 unspecified atom stereocenters. The highest BCUT2D eigenvalue weighted by Gasteiger charge is 1.99. The molecule has 0 saturated heterocycles. The normalized spacial score (nSPS) is 10.3. The third kappa shape index (κ3) is 7.16. The van der Waals surface area contributed by atoms with Crippen LogP contribution in [0.25, 0.3) is 0 Å². The Bertz CT molecular complexity index is 381. The van der Waals surface area contributed by atoms with Crippen LogP contribution in [-0.2, 0) is 0 Å². The molecule has 0 aliphatic carbocycles. The van der Waals surface area contributed by atoms with Gasteiger partial charge < -0.3 is 10.6 Å². The highest BCUT2D eigenvalue weighted by atomic mass is 32.1. The number of hydrogen-bond donors (Lipinski definition) is 2. The maximum absolute atomic E-state index is 5.30. The number of nitrogens with one attached hydrogen (secondary N) is 2. The Morgan fingerprint density at radius 3 is 2.26 bits per heavy atom. The Morgan fingerprint density at radius 1 is 1.00 bits per heavy atom. The fraction of sp³-hybridized carbons (Fsp3) is 0.562. The molecule has 0 saturated carbocycles. The van der Waals surface area contributed by atoms with Crippen molar-refractivity contribution in [1.82, 2.24) is 5.32 Å². The van der Waals surface area contributed by atoms with Crippen LogP contribution in [0.5, 0.6) is 0 Å². The van der Waals surface area contributed by atoms with Gasteiger partial charge in [0.15, 0.2) is 5.11 Å². The molecule has 2 nitrogen and oxygen atoms in total. The number of aryl methyl sites for hydroxylation is 2. The quantitative estimate of drug-likeness (QED) is 0.565. The van der Waals surface area contributed by atoms with Crippen LogP contribution in [0, 0.1) is 13.8 Å². The molecular formula is C16H26N2S. The van der Waals surface area contributed by atoms with Gasteiger partial charge in [-0.15, -0.1) is 0 Å². The molecule has 0 aliphatic heterocycles. The van der Waals surface area contributed by atoms with Gasteiger partial charge in [-0.1, -0.05) is 38.7 Å². The smallest absolute Gasteiger partial charge is 0.170 e. The molecule has 19 heavy (non-hydrogen) atoms. The number of rotatable bonds is 7. The highest BCUT2D eigenvalue weighted by molar-refractivity contribution is 7.80. The lowest BCUT2D eigenvalue weighted by Crippen LogP contribution is -2.29. The van der Waals surface area contributed by atoms with Gasteiger partial charge in [-0.3, -0.25) is 0 Å². The SMILES string of the molecule is CCCCCCCNC(=S)Nc1cc(C)cc(C)c1. The van der Waals surface area contributed by atoms with Gasteiger partial charge in [0.2, 0.25) is 0 Å². The van der Waals surface area contributed by atoms with Crippen LogP contribution in [0.3, 0.4) is 0 Å². The summed E-state index contributed by atoms with van der Waals surface area (Å²) in [5.74, 6) is 0. The molecule has 0 bridgehead atoms. The third-order valence-corrected chi connectivity index (χ3v) is 3.29. The molecule has 3 heteroatoms. The zero-order chi connectivity index (χ0) is 14.1. The van der Waals surface area contributed by atoms with Gasteiger partial charge in [-0.05, 0) is 55.7 Å². The van der Waals surface area contributed by atoms with E-state index in [4.69, 9.17) is 12.2 Å². The molecule has 106 valence electrons. The second kappa shape index (κ2) is 8.92. The van der Waals surface area contributed by atoms with Crippen LogP contribution in [0.15, 0.2) is 18.2 Å². The highest BCUT2D eigenvalue weighted by Crippen LogP contribution is 2.13. The minimum absolute atomic E-state index is 0.723. The van der Waals surface area contributed by atoms with Crippen LogP contribution in [-0.4, -0.2) is 11.7 Å². The summed E-state index contributed by atoms with van der Waals surface area (Å²) in [5.41, 5.74) is 3.58. The molecule has 0 aromatic heterocycles. The van der Waals surface area contributed by atoms with Crippen molar-refractivity contribution in [1.29, 1.82) is 0 Å². The topological polar surface area (TPSA) is 24.1 Å². The molecule has 0 spiro atoms. The Morgan fingerprint density at radius 2 is 1.63 bits per heavy atom. The number of anilines is 1. The van der Waals surface area contributed by atoms with Gasteiger partial charge >= 0.3 is 0 Å². The van der Waals surface area contributed by atoms with Crippen molar-refractivity contribution in [3.8, 4) is 0 Å². The zero-order valence-electron chi connectivity index (χ0n) is 12.4. The first kappa shape index (κ1) is 16.0. The standard InChI is InChI=1S/C16H26N2S/c1-4-5-6-7-8-9-17-16(19)18-15-11-13(2)10-14(3)12-15/h10-12H,4-9H2,1-3H3,(H2,17,18,19). The van der Waals surface area contributed by atoms with Gasteiger partial charge in [0, 0.05) is 12.2 Å². The van der Waals surface area contributed by atoms with E-state index in [2.05, 4.69) is 49.6 Å². The van der Waals surface area contributed by atoms with E-state index in [1.165, 1.54) is 43.2 Å². The minimum Gasteiger partial charge on any atom is -0.362 e. The molecule has 1 aromatic rings. The van der Waals surface area contributed by atoms with Crippen molar-refractivity contribution in [2.24, 2.45) is 0 Å². The predicted molar refractivity (Wildman–Crippen MR) is 88.9 cm³/mol. The number of benzene rings is 1. The molecular weight excluding hydrogens is 252 g/mol. The van der Waals surface area contributed by atoms with Crippen LogP contribution < -0.4 is 10.6 Å². The summed E-state index contributed by atoms with van der Waals surface area (Å²) in [5, 5.41) is 7.24. The van der Waals surface area contributed by atoms with Gasteiger partial charge in [-0.2, -0.15) is 0 Å². The van der Waals surface area contributed by atoms with Crippen LogP contribution in [0.4, 0.5) is 5.69 Å². The lowest BCUT2D eigenvalue weighted by Gasteiger charge is -2.11. The molecule has 1 aromatic carbocycles. The lowest BCUT2D eigenvalue weighted by atomic mass is 10.1. The summed E-state index contributed by atoms with van der Waals surface area (Å²) in [4.78, 5) is 0. The largest absolute Gasteiger partial charge is 0.362 e. The van der Waals surface area contributed by atoms with Crippen LogP contribution in [0.1, 0.15) is 50.2 Å². The first-order chi connectivity index (χ1) is 9.11. The number of thiocarbonyl (C=S) groups is 1. The second-order valence-corrected chi connectivity index (χ2v) is 5.58. The molecule has 0 amide bonds. The lowest BCUT2D eigenvalue weighted by molar-refractivity contribution is 0.625. The fourth-order valence-electron chi connectivity index (χ4n) is 2.15. The monoisotopic (exact) mass is 278 g/mol. The van der Waals surface area contributed by atoms with E-state index >= 15 is 0 Å². The predicted octanol–water partition coefficient (Wildman–Crippen LogP) is 4.56. The number of hydrogen-bond acceptors (Lipinski definition) is 1. The summed E-state index contributed by atoms with van der Waals surface area (Å²) in [6.45, 7) is 7.40. The van der Waals surface area contributed by atoms with Gasteiger partial charge in [0.05, 0.1) is 0 Å². The number of unbranched alkanes of at least 4 members (excludes halogenated alkanes) is 4. The zero-order valence-corrected chi connectivity index (χ0v) is 13.2. The van der Waals surface area contributed by atoms with E-state index in [0.29, 0.717) is 0 Å². The average molecular weight is 278 g/mol. The van der Waals surface area contributed by atoms with Crippen molar-refractivity contribution in [3.05, 3.63) is 29.3 Å².